The van der Waals surface area contributed by atoms with Gasteiger partial charge in [0, 0.05) is 25.7 Å². The predicted molar refractivity (Wildman–Crippen MR) is 63.4 cm³/mol. The van der Waals surface area contributed by atoms with Gasteiger partial charge in [-0.3, -0.25) is 5.41 Å². The largest absolute Gasteiger partial charge is 0.388 e. The summed E-state index contributed by atoms with van der Waals surface area (Å²) in [5.74, 6) is 1.12. The van der Waals surface area contributed by atoms with Crippen molar-refractivity contribution in [1.82, 2.24) is 4.98 Å². The number of nitrogens with one attached hydrogen (secondary N) is 1. The fraction of sp³-hybridized carbons (Fsp3) is 0.455. The second kappa shape index (κ2) is 4.77. The third-order valence-corrected chi connectivity index (χ3v) is 2.43. The SMILES string of the molecule is Cc1ccc(N(C)C(C)CC(=N)N)nc1. The molecule has 1 atom stereocenters. The highest BCUT2D eigenvalue weighted by atomic mass is 15.2. The molecule has 0 fully saturated rings. The first-order valence-corrected chi connectivity index (χ1v) is 4.99. The Labute approximate surface area is 90.6 Å². The van der Waals surface area contributed by atoms with Gasteiger partial charge in [-0.1, -0.05) is 6.07 Å². The average molecular weight is 206 g/mol. The van der Waals surface area contributed by atoms with E-state index in [2.05, 4.69) is 4.98 Å². The first-order valence-electron chi connectivity index (χ1n) is 4.99. The number of nitrogens with zero attached hydrogens (tertiary/aromatic N) is 2. The van der Waals surface area contributed by atoms with Gasteiger partial charge in [0.05, 0.1) is 5.84 Å². The number of hydrogen-bond acceptors (Lipinski definition) is 3. The lowest BCUT2D eigenvalue weighted by Gasteiger charge is -2.25. The van der Waals surface area contributed by atoms with Gasteiger partial charge in [-0.15, -0.1) is 0 Å². The topological polar surface area (TPSA) is 66.0 Å². The third kappa shape index (κ3) is 3.23. The highest BCUT2D eigenvalue weighted by molar-refractivity contribution is 5.77. The summed E-state index contributed by atoms with van der Waals surface area (Å²) in [6.07, 6.45) is 2.40. The van der Waals surface area contributed by atoms with Crippen LogP contribution in [0.1, 0.15) is 18.9 Å². The van der Waals surface area contributed by atoms with Crippen molar-refractivity contribution in [1.29, 1.82) is 5.41 Å². The standard InChI is InChI=1S/C11H18N4/c1-8-4-5-11(14-7-8)15(3)9(2)6-10(12)13/h4-5,7,9H,6H2,1-3H3,(H3,12,13). The zero-order chi connectivity index (χ0) is 11.4. The van der Waals surface area contributed by atoms with Gasteiger partial charge >= 0.3 is 0 Å². The monoisotopic (exact) mass is 206 g/mol. The van der Waals surface area contributed by atoms with Crippen molar-refractivity contribution < 1.29 is 0 Å². The van der Waals surface area contributed by atoms with Crippen molar-refractivity contribution in [3.63, 3.8) is 0 Å². The van der Waals surface area contributed by atoms with Crippen molar-refractivity contribution in [2.45, 2.75) is 26.3 Å². The third-order valence-electron chi connectivity index (χ3n) is 2.43. The van der Waals surface area contributed by atoms with Gasteiger partial charge in [-0.25, -0.2) is 4.98 Å². The summed E-state index contributed by atoms with van der Waals surface area (Å²) in [5, 5.41) is 7.25. The van der Waals surface area contributed by atoms with Crippen molar-refractivity contribution in [2.75, 3.05) is 11.9 Å². The summed E-state index contributed by atoms with van der Waals surface area (Å²) < 4.78 is 0. The minimum Gasteiger partial charge on any atom is -0.388 e. The van der Waals surface area contributed by atoms with Crippen LogP contribution < -0.4 is 10.6 Å². The Hall–Kier alpha value is -1.58. The van der Waals surface area contributed by atoms with Crippen LogP contribution >= 0.6 is 0 Å². The van der Waals surface area contributed by atoms with E-state index in [1.165, 1.54) is 0 Å². The molecule has 15 heavy (non-hydrogen) atoms. The van der Waals surface area contributed by atoms with E-state index < -0.39 is 0 Å². The molecule has 0 aliphatic heterocycles. The summed E-state index contributed by atoms with van der Waals surface area (Å²) in [4.78, 5) is 6.35. The number of aromatic nitrogens is 1. The maximum absolute atomic E-state index is 7.25. The van der Waals surface area contributed by atoms with Crippen molar-refractivity contribution in [2.24, 2.45) is 5.73 Å². The normalized spacial score (nSPS) is 12.2. The molecule has 3 N–H and O–H groups in total. The zero-order valence-corrected chi connectivity index (χ0v) is 9.49. The molecular formula is C11H18N4. The van der Waals surface area contributed by atoms with Gasteiger partial charge in [-0.2, -0.15) is 0 Å². The minimum absolute atomic E-state index is 0.192. The van der Waals surface area contributed by atoms with Crippen LogP contribution in [-0.4, -0.2) is 23.9 Å². The van der Waals surface area contributed by atoms with Crippen LogP contribution in [0.4, 0.5) is 5.82 Å². The summed E-state index contributed by atoms with van der Waals surface area (Å²) in [5.41, 5.74) is 6.51. The molecule has 0 aliphatic carbocycles. The van der Waals surface area contributed by atoms with Crippen molar-refractivity contribution >= 4 is 11.7 Å². The molecule has 82 valence electrons. The van der Waals surface area contributed by atoms with E-state index >= 15 is 0 Å². The Morgan fingerprint density at radius 2 is 2.27 bits per heavy atom. The van der Waals surface area contributed by atoms with Gasteiger partial charge in [0.15, 0.2) is 0 Å². The van der Waals surface area contributed by atoms with Crippen LogP contribution in [0, 0.1) is 12.3 Å². The Morgan fingerprint density at radius 3 is 2.73 bits per heavy atom. The van der Waals surface area contributed by atoms with Gasteiger partial charge in [0.2, 0.25) is 0 Å². The van der Waals surface area contributed by atoms with E-state index in [1.807, 2.05) is 44.1 Å². The maximum atomic E-state index is 7.25. The molecule has 0 bridgehead atoms. The second-order valence-corrected chi connectivity index (χ2v) is 3.88. The Balaban J connectivity index is 2.71. The number of nitrogens with two attached hydrogens (primary N) is 1. The minimum atomic E-state index is 0.192. The van der Waals surface area contributed by atoms with Gasteiger partial charge in [-0.05, 0) is 25.5 Å². The van der Waals surface area contributed by atoms with Crippen LogP contribution in [-0.2, 0) is 0 Å². The number of rotatable bonds is 4. The molecule has 4 heteroatoms. The van der Waals surface area contributed by atoms with Crippen molar-refractivity contribution in [3.05, 3.63) is 23.9 Å². The quantitative estimate of drug-likeness (QED) is 0.580. The Morgan fingerprint density at radius 1 is 1.60 bits per heavy atom. The summed E-state index contributed by atoms with van der Waals surface area (Å²) in [6, 6.07) is 4.20. The highest BCUT2D eigenvalue weighted by Crippen LogP contribution is 2.13. The first-order chi connectivity index (χ1) is 7.00. The lowest BCUT2D eigenvalue weighted by atomic mass is 10.2. The van der Waals surface area contributed by atoms with E-state index in [9.17, 15) is 0 Å². The second-order valence-electron chi connectivity index (χ2n) is 3.88. The number of hydrogen-bond donors (Lipinski definition) is 2. The van der Waals surface area contributed by atoms with Gasteiger partial charge in [0.25, 0.3) is 0 Å². The smallest absolute Gasteiger partial charge is 0.128 e. The summed E-state index contributed by atoms with van der Waals surface area (Å²) in [6.45, 7) is 4.04. The molecule has 1 aromatic rings. The van der Waals surface area contributed by atoms with Gasteiger partial charge in [0.1, 0.15) is 5.82 Å². The summed E-state index contributed by atoms with van der Waals surface area (Å²) in [7, 11) is 1.96. The fourth-order valence-corrected chi connectivity index (χ4v) is 1.35. The van der Waals surface area contributed by atoms with E-state index in [-0.39, 0.29) is 11.9 Å². The molecule has 0 aliphatic rings. The number of anilines is 1. The molecule has 0 amide bonds. The number of pyridine rings is 1. The predicted octanol–water partition coefficient (Wildman–Crippen LogP) is 1.54. The van der Waals surface area contributed by atoms with Crippen LogP contribution in [0.15, 0.2) is 18.3 Å². The number of amidine groups is 1. The van der Waals surface area contributed by atoms with Crippen LogP contribution in [0.25, 0.3) is 0 Å². The molecular weight excluding hydrogens is 188 g/mol. The van der Waals surface area contributed by atoms with E-state index in [0.29, 0.717) is 6.42 Å². The van der Waals surface area contributed by atoms with Crippen LogP contribution in [0.3, 0.4) is 0 Å². The molecule has 0 saturated heterocycles. The molecule has 1 heterocycles. The molecule has 0 radical (unpaired) electrons. The van der Waals surface area contributed by atoms with E-state index in [1.54, 1.807) is 0 Å². The molecule has 1 unspecified atom stereocenters. The molecule has 0 saturated carbocycles. The van der Waals surface area contributed by atoms with E-state index in [4.69, 9.17) is 11.1 Å². The Bertz CT molecular complexity index is 331. The van der Waals surface area contributed by atoms with Crippen molar-refractivity contribution in [3.8, 4) is 0 Å². The van der Waals surface area contributed by atoms with E-state index in [0.717, 1.165) is 11.4 Å². The molecule has 4 nitrogen and oxygen atoms in total. The Kier molecular flexibility index (Phi) is 3.66. The van der Waals surface area contributed by atoms with Crippen LogP contribution in [0.2, 0.25) is 0 Å². The first kappa shape index (κ1) is 11.5. The molecule has 1 aromatic heterocycles. The number of aryl methyl sites for hydroxylation is 1. The van der Waals surface area contributed by atoms with Crippen LogP contribution in [0.5, 0.6) is 0 Å². The zero-order valence-electron chi connectivity index (χ0n) is 9.49. The molecule has 0 aromatic carbocycles. The fourth-order valence-electron chi connectivity index (χ4n) is 1.35. The molecule has 0 spiro atoms. The maximum Gasteiger partial charge on any atom is 0.128 e. The average Bonchev–Trinajstić information content (AvgIpc) is 2.17. The highest BCUT2D eigenvalue weighted by Gasteiger charge is 2.11. The lowest BCUT2D eigenvalue weighted by molar-refractivity contribution is 0.700. The summed E-state index contributed by atoms with van der Waals surface area (Å²) >= 11 is 0. The lowest BCUT2D eigenvalue weighted by Crippen LogP contribution is -2.33. The molecule has 1 rings (SSSR count). The van der Waals surface area contributed by atoms with Gasteiger partial charge < -0.3 is 10.6 Å².